The summed E-state index contributed by atoms with van der Waals surface area (Å²) in [6, 6.07) is 6.14. The van der Waals surface area contributed by atoms with E-state index in [2.05, 4.69) is 48.7 Å². The third kappa shape index (κ3) is 4.36. The van der Waals surface area contributed by atoms with Gasteiger partial charge in [-0.05, 0) is 40.7 Å². The number of nitrogens with zero attached hydrogens (tertiary/aromatic N) is 2. The lowest BCUT2D eigenvalue weighted by Gasteiger charge is -2.08. The fraction of sp³-hybridized carbons (Fsp3) is 0.333. The Morgan fingerprint density at radius 1 is 1.32 bits per heavy atom. The van der Waals surface area contributed by atoms with Crippen molar-refractivity contribution in [3.63, 3.8) is 0 Å². The van der Waals surface area contributed by atoms with Crippen molar-refractivity contribution in [2.24, 2.45) is 0 Å². The van der Waals surface area contributed by atoms with Crippen LogP contribution >= 0.6 is 39.0 Å². The summed E-state index contributed by atoms with van der Waals surface area (Å²) in [5.74, 6) is 1.69. The molecule has 7 heteroatoms. The first kappa shape index (κ1) is 14.6. The number of rotatable bonds is 6. The van der Waals surface area contributed by atoms with Gasteiger partial charge in [0, 0.05) is 24.5 Å². The van der Waals surface area contributed by atoms with Crippen molar-refractivity contribution in [2.45, 2.75) is 11.6 Å². The summed E-state index contributed by atoms with van der Waals surface area (Å²) in [6.07, 6.45) is 2.96. The summed E-state index contributed by atoms with van der Waals surface area (Å²) in [5.41, 5.74) is 0. The van der Waals surface area contributed by atoms with E-state index >= 15 is 0 Å². The van der Waals surface area contributed by atoms with Crippen LogP contribution in [0.1, 0.15) is 4.88 Å². The van der Waals surface area contributed by atoms with Gasteiger partial charge in [-0.1, -0.05) is 11.8 Å². The lowest BCUT2D eigenvalue weighted by atomic mass is 10.3. The standard InChI is InChI=1S/C12H15BrN4S2/c1-14-10-7-11(17-12(16-10)18-2)15-6-5-8-3-4-9(13)19-8/h3-4,7H,5-6H2,1-2H3,(H2,14,15,16,17). The molecule has 0 saturated carbocycles. The zero-order valence-electron chi connectivity index (χ0n) is 10.7. The molecule has 19 heavy (non-hydrogen) atoms. The molecule has 0 saturated heterocycles. The van der Waals surface area contributed by atoms with Gasteiger partial charge in [0.15, 0.2) is 5.16 Å². The first-order valence-corrected chi connectivity index (χ1v) is 8.63. The Kier molecular flexibility index (Phi) is 5.47. The second kappa shape index (κ2) is 7.12. The Hall–Kier alpha value is -0.790. The van der Waals surface area contributed by atoms with E-state index in [0.717, 1.165) is 29.8 Å². The highest BCUT2D eigenvalue weighted by Crippen LogP contribution is 2.22. The SMILES string of the molecule is CNc1cc(NCCc2ccc(Br)s2)nc(SC)n1. The molecule has 0 fully saturated rings. The van der Waals surface area contributed by atoms with Gasteiger partial charge >= 0.3 is 0 Å². The molecule has 102 valence electrons. The van der Waals surface area contributed by atoms with E-state index in [9.17, 15) is 0 Å². The van der Waals surface area contributed by atoms with Crippen LogP contribution in [0, 0.1) is 0 Å². The predicted molar refractivity (Wildman–Crippen MR) is 87.6 cm³/mol. The minimum absolute atomic E-state index is 0.771. The van der Waals surface area contributed by atoms with Crippen molar-refractivity contribution in [1.29, 1.82) is 0 Å². The smallest absolute Gasteiger partial charge is 0.191 e. The largest absolute Gasteiger partial charge is 0.373 e. The molecular formula is C12H15BrN4S2. The first-order chi connectivity index (χ1) is 9.21. The molecule has 2 heterocycles. The normalized spacial score (nSPS) is 10.5. The number of aromatic nitrogens is 2. The zero-order valence-corrected chi connectivity index (χ0v) is 14.0. The summed E-state index contributed by atoms with van der Waals surface area (Å²) < 4.78 is 1.17. The molecule has 0 aliphatic carbocycles. The van der Waals surface area contributed by atoms with Gasteiger partial charge in [-0.15, -0.1) is 11.3 Å². The van der Waals surface area contributed by atoms with E-state index in [1.807, 2.05) is 19.4 Å². The highest BCUT2D eigenvalue weighted by atomic mass is 79.9. The summed E-state index contributed by atoms with van der Waals surface area (Å²) >= 11 is 6.78. The highest BCUT2D eigenvalue weighted by molar-refractivity contribution is 9.11. The molecule has 0 bridgehead atoms. The molecular weight excluding hydrogens is 344 g/mol. The highest BCUT2D eigenvalue weighted by Gasteiger charge is 2.03. The molecule has 0 unspecified atom stereocenters. The minimum Gasteiger partial charge on any atom is -0.373 e. The summed E-state index contributed by atoms with van der Waals surface area (Å²) in [7, 11) is 1.86. The van der Waals surface area contributed by atoms with Crippen LogP contribution in [0.15, 0.2) is 27.1 Å². The number of nitrogens with one attached hydrogen (secondary N) is 2. The number of anilines is 2. The van der Waals surface area contributed by atoms with E-state index in [4.69, 9.17) is 0 Å². The van der Waals surface area contributed by atoms with Crippen LogP contribution in [0.25, 0.3) is 0 Å². The number of thiophene rings is 1. The summed E-state index contributed by atoms with van der Waals surface area (Å²) in [6.45, 7) is 0.862. The molecule has 0 aromatic carbocycles. The van der Waals surface area contributed by atoms with E-state index in [1.54, 1.807) is 11.3 Å². The molecule has 0 spiro atoms. The van der Waals surface area contributed by atoms with Crippen molar-refractivity contribution in [3.8, 4) is 0 Å². The fourth-order valence-electron chi connectivity index (χ4n) is 1.53. The van der Waals surface area contributed by atoms with Crippen LogP contribution in [0.5, 0.6) is 0 Å². The van der Waals surface area contributed by atoms with Gasteiger partial charge in [0.25, 0.3) is 0 Å². The number of thioether (sulfide) groups is 1. The lowest BCUT2D eigenvalue weighted by molar-refractivity contribution is 0.947. The molecule has 4 nitrogen and oxygen atoms in total. The van der Waals surface area contributed by atoms with Crippen molar-refractivity contribution in [2.75, 3.05) is 30.5 Å². The molecule has 2 rings (SSSR count). The van der Waals surface area contributed by atoms with E-state index < -0.39 is 0 Å². The lowest BCUT2D eigenvalue weighted by Crippen LogP contribution is -2.07. The average Bonchev–Trinajstić information content (AvgIpc) is 2.84. The molecule has 2 aromatic rings. The van der Waals surface area contributed by atoms with Gasteiger partial charge in [0.1, 0.15) is 11.6 Å². The van der Waals surface area contributed by atoms with Gasteiger partial charge in [0.2, 0.25) is 0 Å². The molecule has 0 aliphatic rings. The Morgan fingerprint density at radius 3 is 2.74 bits per heavy atom. The van der Waals surface area contributed by atoms with Crippen LogP contribution < -0.4 is 10.6 Å². The molecule has 0 radical (unpaired) electrons. The number of hydrogen-bond acceptors (Lipinski definition) is 6. The molecule has 0 amide bonds. The summed E-state index contributed by atoms with van der Waals surface area (Å²) in [4.78, 5) is 10.1. The van der Waals surface area contributed by atoms with Crippen molar-refractivity contribution in [3.05, 3.63) is 26.9 Å². The van der Waals surface area contributed by atoms with Gasteiger partial charge in [0.05, 0.1) is 3.79 Å². The molecule has 2 aromatic heterocycles. The second-order valence-electron chi connectivity index (χ2n) is 3.76. The second-order valence-corrected chi connectivity index (χ2v) is 7.08. The van der Waals surface area contributed by atoms with Gasteiger partial charge < -0.3 is 10.6 Å². The van der Waals surface area contributed by atoms with Crippen molar-refractivity contribution >= 4 is 50.7 Å². The maximum Gasteiger partial charge on any atom is 0.191 e. The van der Waals surface area contributed by atoms with Crippen LogP contribution in [-0.4, -0.2) is 29.8 Å². The first-order valence-electron chi connectivity index (χ1n) is 5.80. The van der Waals surface area contributed by atoms with Crippen molar-refractivity contribution < 1.29 is 0 Å². The maximum absolute atomic E-state index is 4.43. The van der Waals surface area contributed by atoms with Gasteiger partial charge in [-0.2, -0.15) is 0 Å². The molecule has 0 atom stereocenters. The average molecular weight is 359 g/mol. The van der Waals surface area contributed by atoms with Crippen LogP contribution in [0.4, 0.5) is 11.6 Å². The van der Waals surface area contributed by atoms with Crippen LogP contribution in [0.3, 0.4) is 0 Å². The third-order valence-electron chi connectivity index (χ3n) is 2.45. The van der Waals surface area contributed by atoms with Crippen LogP contribution in [-0.2, 0) is 6.42 Å². The topological polar surface area (TPSA) is 49.8 Å². The quantitative estimate of drug-likeness (QED) is 0.608. The Morgan fingerprint density at radius 2 is 2.11 bits per heavy atom. The Balaban J connectivity index is 1.95. The van der Waals surface area contributed by atoms with E-state index in [0.29, 0.717) is 0 Å². The van der Waals surface area contributed by atoms with Gasteiger partial charge in [-0.25, -0.2) is 9.97 Å². The maximum atomic E-state index is 4.43. The Bertz CT molecular complexity index is 522. The van der Waals surface area contributed by atoms with E-state index in [-0.39, 0.29) is 0 Å². The Labute approximate surface area is 129 Å². The van der Waals surface area contributed by atoms with Crippen molar-refractivity contribution in [1.82, 2.24) is 9.97 Å². The monoisotopic (exact) mass is 358 g/mol. The minimum atomic E-state index is 0.771. The number of halogens is 1. The van der Waals surface area contributed by atoms with Gasteiger partial charge in [-0.3, -0.25) is 0 Å². The molecule has 2 N–H and O–H groups in total. The zero-order chi connectivity index (χ0) is 13.7. The molecule has 0 aliphatic heterocycles. The summed E-state index contributed by atoms with van der Waals surface area (Å²) in [5, 5.41) is 7.16. The van der Waals surface area contributed by atoms with Crippen LogP contribution in [0.2, 0.25) is 0 Å². The predicted octanol–water partition coefficient (Wildman–Crippen LogP) is 3.72. The third-order valence-corrected chi connectivity index (χ3v) is 4.68. The fourth-order valence-corrected chi connectivity index (χ4v) is 3.40. The van der Waals surface area contributed by atoms with E-state index in [1.165, 1.54) is 20.4 Å². The number of hydrogen-bond donors (Lipinski definition) is 2.